The number of ether oxygens (including phenoxy) is 3. The number of Topliss-reactive ketones (excluding diaryl/α,β-unsaturated/α-hetero) is 2. The number of hydrogen-bond acceptors (Lipinski definition) is 8. The molecule has 1 aromatic heterocycles. The van der Waals surface area contributed by atoms with E-state index in [-0.39, 0.29) is 42.5 Å². The monoisotopic (exact) mass is 609 g/mol. The second kappa shape index (κ2) is 13.1. The van der Waals surface area contributed by atoms with E-state index in [1.165, 1.54) is 0 Å². The minimum absolute atomic E-state index is 0.0187. The van der Waals surface area contributed by atoms with E-state index in [1.807, 2.05) is 18.2 Å². The summed E-state index contributed by atoms with van der Waals surface area (Å²) in [6.07, 6.45) is 4.76. The molecule has 0 spiro atoms. The van der Waals surface area contributed by atoms with Crippen LogP contribution in [-0.4, -0.2) is 78.4 Å². The average Bonchev–Trinajstić information content (AvgIpc) is 3.77. The molecule has 11 nitrogen and oxygen atoms in total. The molecule has 0 radical (unpaired) electrons. The Hall–Kier alpha value is -3.73. The van der Waals surface area contributed by atoms with Gasteiger partial charge in [0.25, 0.3) is 5.91 Å². The lowest BCUT2D eigenvalue weighted by molar-refractivity contribution is -0.167. The third-order valence-corrected chi connectivity index (χ3v) is 9.28. The topological polar surface area (TPSA) is 144 Å². The Labute approximate surface area is 257 Å². The van der Waals surface area contributed by atoms with E-state index < -0.39 is 42.0 Å². The summed E-state index contributed by atoms with van der Waals surface area (Å²) in [5.74, 6) is -0.980. The van der Waals surface area contributed by atoms with Crippen molar-refractivity contribution < 1.29 is 38.2 Å². The zero-order valence-electron chi connectivity index (χ0n) is 26.0. The largest absolute Gasteiger partial charge is 0.496 e. The van der Waals surface area contributed by atoms with Gasteiger partial charge >= 0.3 is 5.97 Å². The normalized spacial score (nSPS) is 23.9. The zero-order valence-corrected chi connectivity index (χ0v) is 26.0. The molecule has 2 amide bonds. The summed E-state index contributed by atoms with van der Waals surface area (Å²) in [6, 6.07) is 5.57. The van der Waals surface area contributed by atoms with Crippen molar-refractivity contribution in [2.45, 2.75) is 77.8 Å². The molecule has 1 aromatic carbocycles. The summed E-state index contributed by atoms with van der Waals surface area (Å²) < 4.78 is 15.9. The van der Waals surface area contributed by atoms with Gasteiger partial charge in [0.15, 0.2) is 12.6 Å². The first-order valence-electron chi connectivity index (χ1n) is 15.6. The minimum Gasteiger partial charge on any atom is -0.496 e. The molecule has 2 aromatic rings. The fourth-order valence-corrected chi connectivity index (χ4v) is 6.93. The molecule has 11 heteroatoms. The van der Waals surface area contributed by atoms with Gasteiger partial charge in [-0.25, -0.2) is 0 Å². The smallest absolute Gasteiger partial charge is 0.313 e. The van der Waals surface area contributed by atoms with Crippen molar-refractivity contribution in [1.82, 2.24) is 15.2 Å². The van der Waals surface area contributed by atoms with Gasteiger partial charge in [-0.2, -0.15) is 0 Å². The number of hydrogen-bond donors (Lipinski definition) is 2. The van der Waals surface area contributed by atoms with Crippen LogP contribution in [0.1, 0.15) is 76.2 Å². The van der Waals surface area contributed by atoms with Crippen molar-refractivity contribution in [3.05, 3.63) is 30.0 Å². The second-order valence-corrected chi connectivity index (χ2v) is 13.3. The molecule has 2 saturated carbocycles. The molecule has 5 rings (SSSR count). The summed E-state index contributed by atoms with van der Waals surface area (Å²) in [4.78, 5) is 70.6. The highest BCUT2D eigenvalue weighted by Gasteiger charge is 2.50. The van der Waals surface area contributed by atoms with Crippen LogP contribution in [0.25, 0.3) is 10.9 Å². The molecular formula is C33H43N3O8. The van der Waals surface area contributed by atoms with Gasteiger partial charge in [0.1, 0.15) is 29.9 Å². The Kier molecular flexibility index (Phi) is 9.43. The van der Waals surface area contributed by atoms with Crippen molar-refractivity contribution in [2.75, 3.05) is 27.1 Å². The number of likely N-dealkylation sites (tertiary alicyclic amines) is 1. The number of H-pyrrole nitrogens is 1. The van der Waals surface area contributed by atoms with Gasteiger partial charge in [-0.3, -0.25) is 24.0 Å². The van der Waals surface area contributed by atoms with Crippen molar-refractivity contribution in [3.8, 4) is 5.75 Å². The van der Waals surface area contributed by atoms with Crippen LogP contribution in [0.3, 0.4) is 0 Å². The maximum Gasteiger partial charge on any atom is 0.313 e. The molecule has 1 saturated heterocycles. The number of ketones is 2. The number of carbonyl (C=O) groups excluding carboxylic acids is 5. The fraction of sp³-hybridized carbons (Fsp3) is 0.606. The van der Waals surface area contributed by atoms with Crippen LogP contribution in [-0.2, 0) is 28.7 Å². The lowest BCUT2D eigenvalue weighted by Crippen LogP contribution is -2.53. The van der Waals surface area contributed by atoms with Gasteiger partial charge in [0.05, 0.1) is 18.6 Å². The first-order chi connectivity index (χ1) is 21.0. The number of fused-ring (bicyclic) bond motifs is 2. The van der Waals surface area contributed by atoms with E-state index in [1.54, 1.807) is 38.8 Å². The second-order valence-electron chi connectivity index (χ2n) is 13.3. The van der Waals surface area contributed by atoms with E-state index >= 15 is 0 Å². The quantitative estimate of drug-likeness (QED) is 0.223. The number of methoxy groups -OCH3 is 1. The van der Waals surface area contributed by atoms with Crippen molar-refractivity contribution >= 4 is 40.3 Å². The summed E-state index contributed by atoms with van der Waals surface area (Å²) in [7, 11) is 1.58. The molecule has 44 heavy (non-hydrogen) atoms. The van der Waals surface area contributed by atoms with E-state index in [9.17, 15) is 24.0 Å². The summed E-state index contributed by atoms with van der Waals surface area (Å²) in [6.45, 7) is 4.81. The summed E-state index contributed by atoms with van der Waals surface area (Å²) in [5, 5.41) is 3.70. The zero-order chi connectivity index (χ0) is 31.6. The number of nitrogens with one attached hydrogen (secondary N) is 2. The lowest BCUT2D eigenvalue weighted by Gasteiger charge is -2.29. The fourth-order valence-electron chi connectivity index (χ4n) is 6.93. The highest BCUT2D eigenvalue weighted by Crippen LogP contribution is 2.43. The SMILES string of the molecule is COc1cccc2[nH]c(C(=O)N3CC4CCCC4C3C(=O)NC(CC3CCCC3=O)C(=O)COCOC(=O)C(C)(C)C)cc12. The molecule has 2 N–H and O–H groups in total. The van der Waals surface area contributed by atoms with Crippen molar-refractivity contribution in [3.63, 3.8) is 0 Å². The number of rotatable bonds is 11. The van der Waals surface area contributed by atoms with Crippen molar-refractivity contribution in [1.29, 1.82) is 0 Å². The number of aromatic nitrogens is 1. The van der Waals surface area contributed by atoms with Crippen LogP contribution in [0.15, 0.2) is 24.3 Å². The number of amides is 2. The maximum absolute atomic E-state index is 14.0. The Balaban J connectivity index is 1.32. The maximum atomic E-state index is 14.0. The van der Waals surface area contributed by atoms with Crippen LogP contribution in [0.5, 0.6) is 5.75 Å². The summed E-state index contributed by atoms with van der Waals surface area (Å²) in [5.41, 5.74) is 0.409. The van der Waals surface area contributed by atoms with Crippen molar-refractivity contribution in [2.24, 2.45) is 23.2 Å². The number of esters is 1. The molecule has 1 aliphatic heterocycles. The molecule has 5 atom stereocenters. The van der Waals surface area contributed by atoms with E-state index in [0.29, 0.717) is 30.8 Å². The van der Waals surface area contributed by atoms with Gasteiger partial charge in [0, 0.05) is 29.8 Å². The lowest BCUT2D eigenvalue weighted by atomic mass is 9.91. The third-order valence-electron chi connectivity index (χ3n) is 9.28. The van der Waals surface area contributed by atoms with Crippen LogP contribution in [0.2, 0.25) is 0 Å². The molecule has 0 bridgehead atoms. The molecule has 238 valence electrons. The van der Waals surface area contributed by atoms with Gasteiger partial charge < -0.3 is 29.4 Å². The Morgan fingerprint density at radius 3 is 2.61 bits per heavy atom. The highest BCUT2D eigenvalue weighted by molar-refractivity contribution is 6.02. The highest BCUT2D eigenvalue weighted by atomic mass is 16.7. The predicted octanol–water partition coefficient (Wildman–Crippen LogP) is 3.79. The summed E-state index contributed by atoms with van der Waals surface area (Å²) >= 11 is 0. The number of nitrogens with zero attached hydrogens (tertiary/aromatic N) is 1. The Bertz CT molecular complexity index is 1430. The van der Waals surface area contributed by atoms with E-state index in [0.717, 1.165) is 36.6 Å². The van der Waals surface area contributed by atoms with Crippen LogP contribution in [0.4, 0.5) is 0 Å². The first kappa shape index (κ1) is 31.7. The molecule has 2 aliphatic carbocycles. The van der Waals surface area contributed by atoms with E-state index in [4.69, 9.17) is 14.2 Å². The third kappa shape index (κ3) is 6.67. The standard InChI is InChI=1S/C33H43N3O8/c1-33(2,3)32(41)44-18-43-17-27(38)24(14-19-8-6-12-26(19)37)35-30(39)29-21-10-5-9-20(21)16-36(29)31(40)25-15-22-23(34-25)11-7-13-28(22)42-4/h7,11,13,15,19-21,24,29,34H,5-6,8-10,12,14,16-18H2,1-4H3,(H,35,39). The number of benzene rings is 1. The average molecular weight is 610 g/mol. The molecule has 5 unspecified atom stereocenters. The predicted molar refractivity (Wildman–Crippen MR) is 161 cm³/mol. The molecule has 3 aliphatic rings. The van der Waals surface area contributed by atoms with Crippen LogP contribution in [0, 0.1) is 23.2 Å². The van der Waals surface area contributed by atoms with Gasteiger partial charge in [-0.05, 0) is 82.9 Å². The minimum atomic E-state index is -0.970. The van der Waals surface area contributed by atoms with Crippen LogP contribution < -0.4 is 10.1 Å². The first-order valence-corrected chi connectivity index (χ1v) is 15.6. The molecular weight excluding hydrogens is 566 g/mol. The van der Waals surface area contributed by atoms with Crippen LogP contribution >= 0.6 is 0 Å². The Morgan fingerprint density at radius 2 is 1.91 bits per heavy atom. The molecule has 3 fully saturated rings. The number of aromatic amines is 1. The Morgan fingerprint density at radius 1 is 1.11 bits per heavy atom. The molecule has 2 heterocycles. The van der Waals surface area contributed by atoms with Gasteiger partial charge in [-0.15, -0.1) is 0 Å². The van der Waals surface area contributed by atoms with Gasteiger partial charge in [-0.1, -0.05) is 12.5 Å². The number of carbonyl (C=O) groups is 5. The van der Waals surface area contributed by atoms with Gasteiger partial charge in [0.2, 0.25) is 5.91 Å². The van der Waals surface area contributed by atoms with E-state index in [2.05, 4.69) is 10.3 Å².